The maximum absolute atomic E-state index is 11.6. The van der Waals surface area contributed by atoms with E-state index in [0.717, 1.165) is 13.0 Å². The molecule has 2 atom stereocenters. The van der Waals surface area contributed by atoms with Crippen LogP contribution < -0.4 is 5.32 Å². The van der Waals surface area contributed by atoms with Crippen molar-refractivity contribution < 1.29 is 19.4 Å². The Balaban J connectivity index is 2.03. The van der Waals surface area contributed by atoms with Gasteiger partial charge in [0, 0.05) is 26.7 Å². The normalized spacial score (nSPS) is 21.6. The third-order valence-corrected chi connectivity index (χ3v) is 2.91. The quantitative estimate of drug-likeness (QED) is 0.532. The summed E-state index contributed by atoms with van der Waals surface area (Å²) in [5.74, 6) is 0.0967. The zero-order valence-electron chi connectivity index (χ0n) is 11.2. The Morgan fingerprint density at radius 2 is 2.22 bits per heavy atom. The van der Waals surface area contributed by atoms with E-state index in [4.69, 9.17) is 9.47 Å². The molecule has 0 aromatic carbocycles. The number of nitrogens with zero attached hydrogens (tertiary/aromatic N) is 1. The Kier molecular flexibility index (Phi) is 7.19. The lowest BCUT2D eigenvalue weighted by Gasteiger charge is -2.16. The standard InChI is InChI=1S/C12H24N2O4/c1-3-17-6-7-18-9-10(15)8-13-11-4-5-14(2)12(11)16/h10-11,13,15H,3-9H2,1-2H3. The van der Waals surface area contributed by atoms with Crippen LogP contribution in [0, 0.1) is 0 Å². The van der Waals surface area contributed by atoms with Crippen LogP contribution in [-0.4, -0.2) is 74.6 Å². The molecule has 0 bridgehead atoms. The molecule has 1 amide bonds. The van der Waals surface area contributed by atoms with Crippen LogP contribution in [-0.2, 0) is 14.3 Å². The Morgan fingerprint density at radius 3 is 2.83 bits per heavy atom. The van der Waals surface area contributed by atoms with E-state index in [2.05, 4.69) is 5.32 Å². The maximum Gasteiger partial charge on any atom is 0.239 e. The smallest absolute Gasteiger partial charge is 0.239 e. The zero-order valence-corrected chi connectivity index (χ0v) is 11.2. The number of likely N-dealkylation sites (N-methyl/N-ethyl adjacent to an activating group) is 1. The van der Waals surface area contributed by atoms with Gasteiger partial charge < -0.3 is 24.8 Å². The van der Waals surface area contributed by atoms with E-state index >= 15 is 0 Å². The fourth-order valence-electron chi connectivity index (χ4n) is 1.83. The van der Waals surface area contributed by atoms with Gasteiger partial charge in [-0.2, -0.15) is 0 Å². The summed E-state index contributed by atoms with van der Waals surface area (Å²) in [4.78, 5) is 13.3. The van der Waals surface area contributed by atoms with Crippen molar-refractivity contribution >= 4 is 5.91 Å². The summed E-state index contributed by atoms with van der Waals surface area (Å²) < 4.78 is 10.4. The molecule has 6 nitrogen and oxygen atoms in total. The van der Waals surface area contributed by atoms with Gasteiger partial charge in [0.2, 0.25) is 5.91 Å². The Morgan fingerprint density at radius 1 is 1.50 bits per heavy atom. The topological polar surface area (TPSA) is 71.0 Å². The molecule has 1 aliphatic rings. The van der Waals surface area contributed by atoms with Crippen molar-refractivity contribution in [3.8, 4) is 0 Å². The van der Waals surface area contributed by atoms with Crippen LogP contribution in [0.25, 0.3) is 0 Å². The van der Waals surface area contributed by atoms with Crippen molar-refractivity contribution in [3.05, 3.63) is 0 Å². The van der Waals surface area contributed by atoms with Crippen molar-refractivity contribution in [1.82, 2.24) is 10.2 Å². The number of carbonyl (C=O) groups is 1. The van der Waals surface area contributed by atoms with Gasteiger partial charge in [-0.1, -0.05) is 0 Å². The third-order valence-electron chi connectivity index (χ3n) is 2.91. The second-order valence-electron chi connectivity index (χ2n) is 4.43. The molecule has 2 unspecified atom stereocenters. The fraction of sp³-hybridized carbons (Fsp3) is 0.917. The molecule has 1 heterocycles. The first-order chi connectivity index (χ1) is 8.65. The molecule has 18 heavy (non-hydrogen) atoms. The van der Waals surface area contributed by atoms with Crippen molar-refractivity contribution in [2.75, 3.05) is 46.6 Å². The molecule has 0 spiro atoms. The molecule has 1 rings (SSSR count). The van der Waals surface area contributed by atoms with Crippen LogP contribution in [0.4, 0.5) is 0 Å². The highest BCUT2D eigenvalue weighted by atomic mass is 16.5. The van der Waals surface area contributed by atoms with Gasteiger partial charge in [-0.15, -0.1) is 0 Å². The molecule has 1 fully saturated rings. The van der Waals surface area contributed by atoms with Gasteiger partial charge in [0.1, 0.15) is 0 Å². The van der Waals surface area contributed by atoms with E-state index in [1.54, 1.807) is 11.9 Å². The molecule has 1 saturated heterocycles. The molecule has 0 aromatic heterocycles. The minimum atomic E-state index is -0.592. The summed E-state index contributed by atoms with van der Waals surface area (Å²) in [7, 11) is 1.79. The molecule has 0 saturated carbocycles. The largest absolute Gasteiger partial charge is 0.389 e. The lowest BCUT2D eigenvalue weighted by molar-refractivity contribution is -0.128. The summed E-state index contributed by atoms with van der Waals surface area (Å²) in [5, 5.41) is 12.7. The average molecular weight is 260 g/mol. The Labute approximate surface area is 108 Å². The first-order valence-electron chi connectivity index (χ1n) is 6.47. The van der Waals surface area contributed by atoms with Crippen molar-refractivity contribution in [2.45, 2.75) is 25.5 Å². The number of ether oxygens (including phenoxy) is 2. The molecular formula is C12H24N2O4. The Bertz CT molecular complexity index is 250. The summed E-state index contributed by atoms with van der Waals surface area (Å²) in [6.07, 6.45) is 0.207. The molecule has 1 aliphatic heterocycles. The number of hydrogen-bond acceptors (Lipinski definition) is 5. The zero-order chi connectivity index (χ0) is 13.4. The SMILES string of the molecule is CCOCCOCC(O)CNC1CCN(C)C1=O. The van der Waals surface area contributed by atoms with Gasteiger partial charge in [0.25, 0.3) is 0 Å². The van der Waals surface area contributed by atoms with Crippen molar-refractivity contribution in [2.24, 2.45) is 0 Å². The molecule has 2 N–H and O–H groups in total. The summed E-state index contributed by atoms with van der Waals surface area (Å²) in [6, 6.07) is -0.159. The number of aliphatic hydroxyl groups is 1. The van der Waals surface area contributed by atoms with Crippen LogP contribution in [0.1, 0.15) is 13.3 Å². The number of likely N-dealkylation sites (tertiary alicyclic amines) is 1. The average Bonchev–Trinajstić information content (AvgIpc) is 2.67. The van der Waals surface area contributed by atoms with E-state index in [9.17, 15) is 9.90 Å². The lowest BCUT2D eigenvalue weighted by Crippen LogP contribution is -2.41. The Hall–Kier alpha value is -0.690. The number of aliphatic hydroxyl groups excluding tert-OH is 1. The lowest BCUT2D eigenvalue weighted by atomic mass is 10.2. The first-order valence-corrected chi connectivity index (χ1v) is 6.47. The molecule has 0 radical (unpaired) electrons. The number of amides is 1. The van der Waals surface area contributed by atoms with Crippen LogP contribution in [0.2, 0.25) is 0 Å². The highest BCUT2D eigenvalue weighted by Gasteiger charge is 2.28. The third kappa shape index (κ3) is 5.30. The number of carbonyl (C=O) groups excluding carboxylic acids is 1. The molecule has 106 valence electrons. The highest BCUT2D eigenvalue weighted by molar-refractivity contribution is 5.83. The van der Waals surface area contributed by atoms with Gasteiger partial charge in [0.15, 0.2) is 0 Å². The van der Waals surface area contributed by atoms with E-state index in [-0.39, 0.29) is 18.6 Å². The highest BCUT2D eigenvalue weighted by Crippen LogP contribution is 2.08. The van der Waals surface area contributed by atoms with Crippen molar-refractivity contribution in [3.63, 3.8) is 0 Å². The minimum Gasteiger partial charge on any atom is -0.389 e. The molecule has 6 heteroatoms. The van der Waals surface area contributed by atoms with Gasteiger partial charge >= 0.3 is 0 Å². The van der Waals surface area contributed by atoms with Crippen LogP contribution >= 0.6 is 0 Å². The summed E-state index contributed by atoms with van der Waals surface area (Å²) >= 11 is 0. The maximum atomic E-state index is 11.6. The molecular weight excluding hydrogens is 236 g/mol. The van der Waals surface area contributed by atoms with E-state index in [1.807, 2.05) is 6.92 Å². The predicted octanol–water partition coefficient (Wildman–Crippen LogP) is -0.779. The van der Waals surface area contributed by atoms with Crippen LogP contribution in [0.15, 0.2) is 0 Å². The van der Waals surface area contributed by atoms with Crippen LogP contribution in [0.3, 0.4) is 0 Å². The van der Waals surface area contributed by atoms with Crippen LogP contribution in [0.5, 0.6) is 0 Å². The second kappa shape index (κ2) is 8.42. The fourth-order valence-corrected chi connectivity index (χ4v) is 1.83. The molecule has 0 aliphatic carbocycles. The minimum absolute atomic E-state index is 0.0967. The second-order valence-corrected chi connectivity index (χ2v) is 4.43. The van der Waals surface area contributed by atoms with Gasteiger partial charge in [0.05, 0.1) is 32.0 Å². The van der Waals surface area contributed by atoms with E-state index < -0.39 is 6.10 Å². The molecule has 0 aromatic rings. The van der Waals surface area contributed by atoms with Crippen molar-refractivity contribution in [1.29, 1.82) is 0 Å². The number of nitrogens with one attached hydrogen (secondary N) is 1. The van der Waals surface area contributed by atoms with Gasteiger partial charge in [-0.05, 0) is 13.3 Å². The van der Waals surface area contributed by atoms with Gasteiger partial charge in [-0.3, -0.25) is 4.79 Å². The number of rotatable bonds is 9. The summed E-state index contributed by atoms with van der Waals surface area (Å²) in [6.45, 7) is 5.03. The van der Waals surface area contributed by atoms with E-state index in [1.165, 1.54) is 0 Å². The van der Waals surface area contributed by atoms with E-state index in [0.29, 0.717) is 26.4 Å². The predicted molar refractivity (Wildman–Crippen MR) is 67.4 cm³/mol. The monoisotopic (exact) mass is 260 g/mol. The van der Waals surface area contributed by atoms with Gasteiger partial charge in [-0.25, -0.2) is 0 Å². The number of hydrogen-bond donors (Lipinski definition) is 2. The first kappa shape index (κ1) is 15.4. The summed E-state index contributed by atoms with van der Waals surface area (Å²) in [5.41, 5.74) is 0.